The smallest absolute Gasteiger partial charge is 0.119 e. The van der Waals surface area contributed by atoms with Crippen molar-refractivity contribution in [2.24, 2.45) is 10.9 Å². The molecule has 1 atom stereocenters. The van der Waals surface area contributed by atoms with Crippen LogP contribution in [0.5, 0.6) is 5.75 Å². The van der Waals surface area contributed by atoms with E-state index in [4.69, 9.17) is 9.73 Å². The number of benzene rings is 4. The topological polar surface area (TPSA) is 24.8 Å². The molecule has 0 N–H and O–H groups in total. The van der Waals surface area contributed by atoms with E-state index in [1.165, 1.54) is 29.8 Å². The Morgan fingerprint density at radius 2 is 1.44 bits per heavy atom. The van der Waals surface area contributed by atoms with Gasteiger partial charge >= 0.3 is 0 Å². The monoisotopic (exact) mass is 444 g/mol. The third-order valence-corrected chi connectivity index (χ3v) is 6.94. The molecule has 6 rings (SSSR count). The van der Waals surface area contributed by atoms with Crippen LogP contribution in [0.3, 0.4) is 0 Å². The van der Waals surface area contributed by atoms with Crippen LogP contribution in [0.1, 0.15) is 29.5 Å². The van der Waals surface area contributed by atoms with Crippen LogP contribution < -0.4 is 9.64 Å². The molecule has 0 amide bonds. The number of methoxy groups -OCH3 is 1. The highest BCUT2D eigenvalue weighted by atomic mass is 16.5. The molecule has 2 aliphatic rings. The summed E-state index contributed by atoms with van der Waals surface area (Å²) in [6.07, 6.45) is 3.74. The van der Waals surface area contributed by atoms with Crippen molar-refractivity contribution in [3.63, 3.8) is 0 Å². The van der Waals surface area contributed by atoms with E-state index in [1.807, 2.05) is 12.1 Å². The molecular weight excluding hydrogens is 416 g/mol. The second-order valence-corrected chi connectivity index (χ2v) is 9.18. The molecule has 1 unspecified atom stereocenters. The number of hydrogen-bond donors (Lipinski definition) is 0. The van der Waals surface area contributed by atoms with E-state index in [0.29, 0.717) is 6.04 Å². The zero-order valence-electron chi connectivity index (χ0n) is 19.4. The summed E-state index contributed by atoms with van der Waals surface area (Å²) in [5.74, 6) is 1.66. The van der Waals surface area contributed by atoms with Crippen molar-refractivity contribution >= 4 is 22.8 Å². The van der Waals surface area contributed by atoms with Crippen LogP contribution in [0.25, 0.3) is 0 Å². The lowest BCUT2D eigenvalue weighted by Crippen LogP contribution is -2.29. The summed E-state index contributed by atoms with van der Waals surface area (Å²) in [6.45, 7) is 0. The Labute approximate surface area is 201 Å². The van der Waals surface area contributed by atoms with Gasteiger partial charge in [0.1, 0.15) is 5.75 Å². The van der Waals surface area contributed by atoms with Crippen LogP contribution in [0.4, 0.5) is 17.1 Å². The molecule has 3 nitrogen and oxygen atoms in total. The van der Waals surface area contributed by atoms with Crippen molar-refractivity contribution < 1.29 is 4.74 Å². The van der Waals surface area contributed by atoms with Crippen molar-refractivity contribution in [3.05, 3.63) is 120 Å². The number of rotatable bonds is 6. The van der Waals surface area contributed by atoms with Crippen molar-refractivity contribution in [2.45, 2.75) is 25.3 Å². The van der Waals surface area contributed by atoms with Gasteiger partial charge in [0.15, 0.2) is 0 Å². The number of aliphatic imine (C=N–C) groups is 1. The summed E-state index contributed by atoms with van der Waals surface area (Å²) < 4.78 is 5.40. The Hall–Kier alpha value is -3.85. The maximum atomic E-state index is 5.40. The van der Waals surface area contributed by atoms with Gasteiger partial charge in [-0.15, -0.1) is 0 Å². The van der Waals surface area contributed by atoms with Gasteiger partial charge in [-0.3, -0.25) is 0 Å². The zero-order chi connectivity index (χ0) is 22.9. The van der Waals surface area contributed by atoms with E-state index < -0.39 is 0 Å². The van der Waals surface area contributed by atoms with Gasteiger partial charge in [0.25, 0.3) is 0 Å². The quantitative estimate of drug-likeness (QED) is 0.291. The fourth-order valence-corrected chi connectivity index (χ4v) is 5.06. The summed E-state index contributed by atoms with van der Waals surface area (Å²) in [5, 5.41) is 0. The summed E-state index contributed by atoms with van der Waals surface area (Å²) in [6, 6.07) is 36.6. The average molecular weight is 445 g/mol. The molecule has 34 heavy (non-hydrogen) atoms. The van der Waals surface area contributed by atoms with Gasteiger partial charge in [-0.05, 0) is 67.1 Å². The molecular formula is C31H28N2O. The summed E-state index contributed by atoms with van der Waals surface area (Å²) in [4.78, 5) is 7.73. The third kappa shape index (κ3) is 3.99. The average Bonchev–Trinajstić information content (AvgIpc) is 3.68. The predicted octanol–water partition coefficient (Wildman–Crippen LogP) is 7.34. The Morgan fingerprint density at radius 3 is 2.03 bits per heavy atom. The molecule has 0 saturated heterocycles. The number of nitrogens with zero attached hydrogens (tertiary/aromatic N) is 2. The highest BCUT2D eigenvalue weighted by molar-refractivity contribution is 6.14. The van der Waals surface area contributed by atoms with Crippen LogP contribution in [-0.2, 0) is 6.42 Å². The van der Waals surface area contributed by atoms with Crippen LogP contribution >= 0.6 is 0 Å². The Morgan fingerprint density at radius 1 is 0.794 bits per heavy atom. The SMILES string of the molecule is COc1ccc(N2c3cc(N=C(c4ccccc4)c4ccccc4)ccc3CC2C2CC2)cc1. The standard InChI is InChI=1S/C31H28N2O/c1-34-28-18-16-27(17-19-28)33-29(22-12-13-22)20-25-14-15-26(21-30(25)33)32-31(23-8-4-2-5-9-23)24-10-6-3-7-11-24/h2-11,14-19,21-22,29H,12-13,20H2,1H3. The Bertz CT molecular complexity index is 1270. The molecule has 4 aromatic rings. The minimum atomic E-state index is 0.519. The van der Waals surface area contributed by atoms with Gasteiger partial charge in [0.2, 0.25) is 0 Å². The van der Waals surface area contributed by atoms with Crippen LogP contribution in [0.15, 0.2) is 108 Å². The fraction of sp³-hybridized carbons (Fsp3) is 0.194. The molecule has 1 heterocycles. The van der Waals surface area contributed by atoms with Crippen LogP contribution in [0.2, 0.25) is 0 Å². The Kier molecular flexibility index (Phi) is 5.38. The highest BCUT2D eigenvalue weighted by Gasteiger charge is 2.41. The first kappa shape index (κ1) is 20.7. The number of fused-ring (bicyclic) bond motifs is 1. The van der Waals surface area contributed by atoms with E-state index in [2.05, 4.69) is 95.9 Å². The van der Waals surface area contributed by atoms with Crippen LogP contribution in [0, 0.1) is 5.92 Å². The van der Waals surface area contributed by atoms with Crippen molar-refractivity contribution in [2.75, 3.05) is 12.0 Å². The predicted molar refractivity (Wildman–Crippen MR) is 140 cm³/mol. The second kappa shape index (κ2) is 8.83. The maximum absolute atomic E-state index is 5.40. The largest absolute Gasteiger partial charge is 0.497 e. The normalized spacial score (nSPS) is 16.7. The zero-order valence-corrected chi connectivity index (χ0v) is 19.4. The Balaban J connectivity index is 1.43. The first-order chi connectivity index (χ1) is 16.8. The summed E-state index contributed by atoms with van der Waals surface area (Å²) in [5.41, 5.74) is 8.14. The molecule has 0 aromatic heterocycles. The third-order valence-electron chi connectivity index (χ3n) is 6.94. The summed E-state index contributed by atoms with van der Waals surface area (Å²) >= 11 is 0. The van der Waals surface area contributed by atoms with E-state index in [1.54, 1.807) is 7.11 Å². The van der Waals surface area contributed by atoms with Crippen molar-refractivity contribution in [1.82, 2.24) is 0 Å². The minimum Gasteiger partial charge on any atom is -0.497 e. The first-order valence-corrected chi connectivity index (χ1v) is 12.1. The lowest BCUT2D eigenvalue weighted by Gasteiger charge is -2.28. The lowest BCUT2D eigenvalue weighted by molar-refractivity contribution is 0.415. The minimum absolute atomic E-state index is 0.519. The van der Waals surface area contributed by atoms with Gasteiger partial charge in [-0.1, -0.05) is 66.7 Å². The molecule has 168 valence electrons. The van der Waals surface area contributed by atoms with Gasteiger partial charge in [0.05, 0.1) is 18.5 Å². The molecule has 4 aromatic carbocycles. The molecule has 1 aliphatic carbocycles. The van der Waals surface area contributed by atoms with Gasteiger partial charge < -0.3 is 9.64 Å². The van der Waals surface area contributed by atoms with Crippen molar-refractivity contribution in [3.8, 4) is 5.75 Å². The molecule has 0 radical (unpaired) electrons. The lowest BCUT2D eigenvalue weighted by atomic mass is 10.0. The molecule has 1 saturated carbocycles. The van der Waals surface area contributed by atoms with E-state index in [0.717, 1.165) is 40.6 Å². The molecule has 0 spiro atoms. The van der Waals surface area contributed by atoms with Crippen LogP contribution in [-0.4, -0.2) is 18.9 Å². The number of anilines is 2. The van der Waals surface area contributed by atoms with Gasteiger partial charge in [-0.25, -0.2) is 4.99 Å². The highest BCUT2D eigenvalue weighted by Crippen LogP contribution is 2.48. The molecule has 0 bridgehead atoms. The molecule has 1 fully saturated rings. The first-order valence-electron chi connectivity index (χ1n) is 12.1. The molecule has 1 aliphatic heterocycles. The number of ether oxygens (including phenoxy) is 1. The fourth-order valence-electron chi connectivity index (χ4n) is 5.06. The van der Waals surface area contributed by atoms with Gasteiger partial charge in [-0.2, -0.15) is 0 Å². The second-order valence-electron chi connectivity index (χ2n) is 9.18. The maximum Gasteiger partial charge on any atom is 0.119 e. The molecule has 3 heteroatoms. The summed E-state index contributed by atoms with van der Waals surface area (Å²) in [7, 11) is 1.72. The van der Waals surface area contributed by atoms with Crippen molar-refractivity contribution in [1.29, 1.82) is 0 Å². The van der Waals surface area contributed by atoms with E-state index >= 15 is 0 Å². The van der Waals surface area contributed by atoms with E-state index in [-0.39, 0.29) is 0 Å². The van der Waals surface area contributed by atoms with E-state index in [9.17, 15) is 0 Å². The number of hydrogen-bond acceptors (Lipinski definition) is 3. The van der Waals surface area contributed by atoms with Gasteiger partial charge in [0, 0.05) is 28.5 Å².